The van der Waals surface area contributed by atoms with E-state index >= 15 is 0 Å². The fourth-order valence-corrected chi connectivity index (χ4v) is 2.71. The second kappa shape index (κ2) is 5.46. The van der Waals surface area contributed by atoms with Gasteiger partial charge in [-0.05, 0) is 51.5 Å². The van der Waals surface area contributed by atoms with Crippen LogP contribution in [0.5, 0.6) is 0 Å². The Morgan fingerprint density at radius 3 is 2.37 bits per heavy atom. The van der Waals surface area contributed by atoms with Crippen molar-refractivity contribution < 1.29 is 14.7 Å². The highest BCUT2D eigenvalue weighted by molar-refractivity contribution is 5.81. The average Bonchev–Trinajstić information content (AvgIpc) is 3.20. The number of hydrogen-bond donors (Lipinski definition) is 4. The molecule has 2 unspecified atom stereocenters. The molecular weight excluding hydrogens is 246 g/mol. The van der Waals surface area contributed by atoms with E-state index in [1.54, 1.807) is 7.05 Å². The minimum atomic E-state index is -0.869. The van der Waals surface area contributed by atoms with Crippen molar-refractivity contribution in [3.05, 3.63) is 0 Å². The Kier molecular flexibility index (Phi) is 4.10. The first-order valence-corrected chi connectivity index (χ1v) is 6.97. The molecule has 2 saturated carbocycles. The van der Waals surface area contributed by atoms with Crippen LogP contribution >= 0.6 is 0 Å². The van der Waals surface area contributed by atoms with Crippen molar-refractivity contribution in [1.29, 1.82) is 0 Å². The van der Waals surface area contributed by atoms with E-state index in [0.717, 1.165) is 25.7 Å². The zero-order valence-corrected chi connectivity index (χ0v) is 11.3. The molecule has 0 saturated heterocycles. The number of likely N-dealkylation sites (N-methyl/N-ethyl adjacent to an activating group) is 1. The van der Waals surface area contributed by atoms with Crippen molar-refractivity contribution in [3.8, 4) is 0 Å². The maximum atomic E-state index is 11.7. The van der Waals surface area contributed by atoms with Crippen molar-refractivity contribution >= 4 is 11.9 Å². The van der Waals surface area contributed by atoms with Crippen molar-refractivity contribution in [2.24, 2.45) is 11.7 Å². The van der Waals surface area contributed by atoms with Crippen molar-refractivity contribution in [1.82, 2.24) is 10.6 Å². The summed E-state index contributed by atoms with van der Waals surface area (Å²) >= 11 is 0. The molecule has 0 aromatic rings. The summed E-state index contributed by atoms with van der Waals surface area (Å²) in [4.78, 5) is 23.0. The smallest absolute Gasteiger partial charge is 0.324 e. The van der Waals surface area contributed by atoms with E-state index < -0.39 is 23.5 Å². The second-order valence-electron chi connectivity index (χ2n) is 5.75. The van der Waals surface area contributed by atoms with E-state index in [1.807, 2.05) is 0 Å². The SMILES string of the molecule is CNC(CCC(NC1CC1)(C(=O)O)C1CC1)C(N)=O. The van der Waals surface area contributed by atoms with E-state index in [4.69, 9.17) is 5.73 Å². The Balaban J connectivity index is 2.03. The molecule has 2 atom stereocenters. The van der Waals surface area contributed by atoms with Gasteiger partial charge >= 0.3 is 5.97 Å². The van der Waals surface area contributed by atoms with Crippen molar-refractivity contribution in [3.63, 3.8) is 0 Å². The lowest BCUT2D eigenvalue weighted by atomic mass is 9.86. The molecule has 0 aromatic heterocycles. The fraction of sp³-hybridized carbons (Fsp3) is 0.846. The van der Waals surface area contributed by atoms with E-state index in [9.17, 15) is 14.7 Å². The van der Waals surface area contributed by atoms with Gasteiger partial charge in [-0.15, -0.1) is 0 Å². The number of nitrogens with one attached hydrogen (secondary N) is 2. The molecule has 1 amide bonds. The van der Waals surface area contributed by atoms with Gasteiger partial charge in [0.1, 0.15) is 5.54 Å². The van der Waals surface area contributed by atoms with Crippen molar-refractivity contribution in [2.75, 3.05) is 7.05 Å². The number of carboxylic acid groups (broad SMARTS) is 1. The molecule has 6 heteroatoms. The first kappa shape index (κ1) is 14.3. The third-order valence-corrected chi connectivity index (χ3v) is 4.21. The predicted octanol–water partition coefficient (Wildman–Crippen LogP) is -0.175. The molecule has 2 aliphatic rings. The van der Waals surface area contributed by atoms with Crippen LogP contribution in [0.15, 0.2) is 0 Å². The van der Waals surface area contributed by atoms with Crippen molar-refractivity contribution in [2.45, 2.75) is 56.1 Å². The fourth-order valence-electron chi connectivity index (χ4n) is 2.71. The minimum Gasteiger partial charge on any atom is -0.480 e. The summed E-state index contributed by atoms with van der Waals surface area (Å²) in [6.45, 7) is 0. The number of amides is 1. The van der Waals surface area contributed by atoms with Gasteiger partial charge in [-0.25, -0.2) is 0 Å². The van der Waals surface area contributed by atoms with Gasteiger partial charge in [0.2, 0.25) is 5.91 Å². The molecule has 2 aliphatic carbocycles. The molecule has 6 nitrogen and oxygen atoms in total. The number of hydrogen-bond acceptors (Lipinski definition) is 4. The monoisotopic (exact) mass is 269 g/mol. The Morgan fingerprint density at radius 2 is 2.00 bits per heavy atom. The van der Waals surface area contributed by atoms with E-state index in [0.29, 0.717) is 18.9 Å². The highest BCUT2D eigenvalue weighted by Crippen LogP contribution is 2.44. The first-order valence-electron chi connectivity index (χ1n) is 6.97. The maximum Gasteiger partial charge on any atom is 0.324 e. The van der Waals surface area contributed by atoms with E-state index in [-0.39, 0.29) is 5.92 Å². The summed E-state index contributed by atoms with van der Waals surface area (Å²) in [6, 6.07) is -0.128. The van der Waals surface area contributed by atoms with Gasteiger partial charge in [-0.2, -0.15) is 0 Å². The van der Waals surface area contributed by atoms with Crippen LogP contribution in [-0.2, 0) is 9.59 Å². The highest BCUT2D eigenvalue weighted by Gasteiger charge is 2.53. The van der Waals surface area contributed by atoms with Gasteiger partial charge < -0.3 is 16.2 Å². The normalized spacial score (nSPS) is 23.6. The molecule has 0 bridgehead atoms. The van der Waals surface area contributed by atoms with Gasteiger partial charge in [0.05, 0.1) is 6.04 Å². The van der Waals surface area contributed by atoms with Crippen LogP contribution < -0.4 is 16.4 Å². The predicted molar refractivity (Wildman–Crippen MR) is 70.5 cm³/mol. The summed E-state index contributed by atoms with van der Waals surface area (Å²) in [6.07, 6.45) is 4.89. The lowest BCUT2D eigenvalue weighted by Crippen LogP contribution is -2.56. The van der Waals surface area contributed by atoms with E-state index in [2.05, 4.69) is 10.6 Å². The Bertz CT molecular complexity index is 366. The van der Waals surface area contributed by atoms with Gasteiger partial charge in [0, 0.05) is 6.04 Å². The summed E-state index contributed by atoms with van der Waals surface area (Å²) < 4.78 is 0. The van der Waals surface area contributed by atoms with Crippen LogP contribution in [0.2, 0.25) is 0 Å². The summed E-state index contributed by atoms with van der Waals surface area (Å²) in [5.41, 5.74) is 4.42. The van der Waals surface area contributed by atoms with E-state index in [1.165, 1.54) is 0 Å². The third kappa shape index (κ3) is 3.25. The van der Waals surface area contributed by atoms with Gasteiger partial charge in [0.25, 0.3) is 0 Å². The lowest BCUT2D eigenvalue weighted by Gasteiger charge is -2.32. The number of nitrogens with two attached hydrogens (primary N) is 1. The Hall–Kier alpha value is -1.14. The van der Waals surface area contributed by atoms with Gasteiger partial charge in [-0.3, -0.25) is 14.9 Å². The summed E-state index contributed by atoms with van der Waals surface area (Å²) in [7, 11) is 1.67. The molecule has 0 aromatic carbocycles. The van der Waals surface area contributed by atoms with Crippen LogP contribution in [0.25, 0.3) is 0 Å². The van der Waals surface area contributed by atoms with Crippen LogP contribution in [-0.4, -0.2) is 41.7 Å². The summed E-state index contributed by atoms with van der Waals surface area (Å²) in [5.74, 6) is -1.03. The number of carbonyl (C=O) groups excluding carboxylic acids is 1. The molecule has 108 valence electrons. The van der Waals surface area contributed by atoms with Gasteiger partial charge in [-0.1, -0.05) is 0 Å². The molecule has 2 fully saturated rings. The number of aliphatic carboxylic acids is 1. The number of rotatable bonds is 9. The lowest BCUT2D eigenvalue weighted by molar-refractivity contribution is -0.146. The molecule has 0 spiro atoms. The van der Waals surface area contributed by atoms with Crippen LogP contribution in [0, 0.1) is 5.92 Å². The highest BCUT2D eigenvalue weighted by atomic mass is 16.4. The zero-order chi connectivity index (χ0) is 14.0. The molecular formula is C13H23N3O3. The standard InChI is InChI=1S/C13H23N3O3/c1-15-10(11(14)17)6-7-13(12(18)19,8-2-3-8)16-9-4-5-9/h8-10,15-16H,2-7H2,1H3,(H2,14,17)(H,18,19). The maximum absolute atomic E-state index is 11.7. The average molecular weight is 269 g/mol. The molecule has 0 radical (unpaired) electrons. The molecule has 0 aliphatic heterocycles. The number of carboxylic acids is 1. The number of primary amides is 1. The molecule has 19 heavy (non-hydrogen) atoms. The minimum absolute atomic E-state index is 0.191. The molecule has 0 heterocycles. The zero-order valence-electron chi connectivity index (χ0n) is 11.3. The van der Waals surface area contributed by atoms with Crippen LogP contribution in [0.3, 0.4) is 0 Å². The topological polar surface area (TPSA) is 104 Å². The van der Waals surface area contributed by atoms with Crippen LogP contribution in [0.1, 0.15) is 38.5 Å². The van der Waals surface area contributed by atoms with Crippen LogP contribution in [0.4, 0.5) is 0 Å². The summed E-state index contributed by atoms with van der Waals surface area (Å²) in [5, 5.41) is 15.8. The number of carbonyl (C=O) groups is 2. The second-order valence-corrected chi connectivity index (χ2v) is 5.75. The Morgan fingerprint density at radius 1 is 1.37 bits per heavy atom. The quantitative estimate of drug-likeness (QED) is 0.465. The molecule has 2 rings (SSSR count). The van der Waals surface area contributed by atoms with Gasteiger partial charge in [0.15, 0.2) is 0 Å². The molecule has 5 N–H and O–H groups in total. The first-order chi connectivity index (χ1) is 8.99. The third-order valence-electron chi connectivity index (χ3n) is 4.21. The Labute approximate surface area is 113 Å². The largest absolute Gasteiger partial charge is 0.480 e.